The summed E-state index contributed by atoms with van der Waals surface area (Å²) in [6.07, 6.45) is 12.5. The zero-order valence-corrected chi connectivity index (χ0v) is 18.5. The number of anilines is 1. The van der Waals surface area contributed by atoms with Gasteiger partial charge in [0.1, 0.15) is 5.65 Å². The number of aromatic amines is 1. The van der Waals surface area contributed by atoms with Gasteiger partial charge in [0.15, 0.2) is 17.5 Å². The van der Waals surface area contributed by atoms with Gasteiger partial charge in [0.2, 0.25) is 5.91 Å². The van der Waals surface area contributed by atoms with Crippen LogP contribution in [0.2, 0.25) is 5.02 Å². The minimum Gasteiger partial charge on any atom is -0.363 e. The van der Waals surface area contributed by atoms with E-state index >= 15 is 0 Å². The van der Waals surface area contributed by atoms with Gasteiger partial charge in [-0.05, 0) is 31.7 Å². The topological polar surface area (TPSA) is 95.6 Å². The van der Waals surface area contributed by atoms with Crippen molar-refractivity contribution in [2.24, 2.45) is 5.92 Å². The molecule has 2 saturated carbocycles. The van der Waals surface area contributed by atoms with E-state index in [0.717, 1.165) is 56.8 Å². The fourth-order valence-corrected chi connectivity index (χ4v) is 5.06. The average Bonchev–Trinajstić information content (AvgIpc) is 3.47. The first kappa shape index (κ1) is 21.1. The van der Waals surface area contributed by atoms with Crippen LogP contribution in [0.3, 0.4) is 0 Å². The van der Waals surface area contributed by atoms with Gasteiger partial charge in [0.25, 0.3) is 0 Å². The summed E-state index contributed by atoms with van der Waals surface area (Å²) in [6, 6.07) is 1.67. The zero-order valence-electron chi connectivity index (χ0n) is 17.7. The van der Waals surface area contributed by atoms with Crippen molar-refractivity contribution in [2.75, 3.05) is 5.32 Å². The van der Waals surface area contributed by atoms with Crippen molar-refractivity contribution >= 4 is 34.4 Å². The molecule has 0 bridgehead atoms. The molecule has 2 fully saturated rings. The van der Waals surface area contributed by atoms with Crippen LogP contribution in [0.4, 0.5) is 10.2 Å². The molecule has 0 radical (unpaired) electrons. The summed E-state index contributed by atoms with van der Waals surface area (Å²) in [5.74, 6) is 0.254. The summed E-state index contributed by atoms with van der Waals surface area (Å²) in [4.78, 5) is 28.7. The van der Waals surface area contributed by atoms with Crippen LogP contribution in [0.5, 0.6) is 0 Å². The molecule has 0 aromatic carbocycles. The van der Waals surface area contributed by atoms with E-state index in [1.165, 1.54) is 6.20 Å². The molecule has 0 spiro atoms. The Labute approximate surface area is 190 Å². The normalized spacial score (nSPS) is 21.7. The minimum absolute atomic E-state index is 0.0363. The highest BCUT2D eigenvalue weighted by Gasteiger charge is 2.31. The number of aromatic nitrogens is 4. The predicted molar refractivity (Wildman–Crippen MR) is 122 cm³/mol. The van der Waals surface area contributed by atoms with Gasteiger partial charge < -0.3 is 15.6 Å². The second-order valence-corrected chi connectivity index (χ2v) is 9.21. The maximum Gasteiger partial charge on any atom is 0.223 e. The van der Waals surface area contributed by atoms with E-state index in [4.69, 9.17) is 11.6 Å². The number of hydrogen-bond donors (Lipinski definition) is 3. The third kappa shape index (κ3) is 4.28. The van der Waals surface area contributed by atoms with Gasteiger partial charge in [-0.2, -0.15) is 0 Å². The molecule has 3 heterocycles. The quantitative estimate of drug-likeness (QED) is 0.510. The van der Waals surface area contributed by atoms with Gasteiger partial charge in [0, 0.05) is 41.3 Å². The third-order valence-electron chi connectivity index (χ3n) is 6.62. The van der Waals surface area contributed by atoms with Crippen LogP contribution in [0.25, 0.3) is 22.4 Å². The van der Waals surface area contributed by atoms with Crippen LogP contribution in [-0.2, 0) is 4.79 Å². The van der Waals surface area contributed by atoms with Crippen molar-refractivity contribution in [2.45, 2.75) is 63.5 Å². The minimum atomic E-state index is -0.517. The molecule has 3 aromatic heterocycles. The molecule has 2 aliphatic carbocycles. The first-order chi connectivity index (χ1) is 15.6. The van der Waals surface area contributed by atoms with Crippen molar-refractivity contribution in [3.05, 3.63) is 35.5 Å². The van der Waals surface area contributed by atoms with Crippen LogP contribution in [-0.4, -0.2) is 37.9 Å². The van der Waals surface area contributed by atoms with E-state index in [1.54, 1.807) is 18.5 Å². The number of pyridine rings is 1. The molecule has 0 aliphatic heterocycles. The Morgan fingerprint density at radius 2 is 1.81 bits per heavy atom. The Bertz CT molecular complexity index is 1130. The first-order valence-corrected chi connectivity index (χ1v) is 11.7. The number of halogens is 2. The first-order valence-electron chi connectivity index (χ1n) is 11.3. The monoisotopic (exact) mass is 456 g/mol. The molecular formula is C23H26ClFN6O. The van der Waals surface area contributed by atoms with Crippen LogP contribution < -0.4 is 10.6 Å². The summed E-state index contributed by atoms with van der Waals surface area (Å²) in [5.41, 5.74) is 1.36. The lowest BCUT2D eigenvalue weighted by molar-refractivity contribution is -0.125. The smallest absolute Gasteiger partial charge is 0.223 e. The number of H-pyrrole nitrogens is 1. The summed E-state index contributed by atoms with van der Waals surface area (Å²) in [5, 5.41) is 7.77. The average molecular weight is 457 g/mol. The van der Waals surface area contributed by atoms with E-state index < -0.39 is 5.82 Å². The molecule has 3 N–H and O–H groups in total. The lowest BCUT2D eigenvalue weighted by Gasteiger charge is -2.34. The van der Waals surface area contributed by atoms with Gasteiger partial charge in [-0.1, -0.05) is 37.3 Å². The molecule has 5 rings (SSSR count). The molecule has 32 heavy (non-hydrogen) atoms. The number of carbonyl (C=O) groups excluding carboxylic acids is 1. The van der Waals surface area contributed by atoms with Crippen molar-refractivity contribution in [3.63, 3.8) is 0 Å². The van der Waals surface area contributed by atoms with Crippen molar-refractivity contribution in [1.29, 1.82) is 0 Å². The van der Waals surface area contributed by atoms with Gasteiger partial charge in [-0.3, -0.25) is 4.79 Å². The number of rotatable bonds is 5. The number of nitrogens with zero attached hydrogens (tertiary/aromatic N) is 3. The van der Waals surface area contributed by atoms with E-state index in [-0.39, 0.29) is 29.7 Å². The largest absolute Gasteiger partial charge is 0.363 e. The van der Waals surface area contributed by atoms with E-state index in [9.17, 15) is 9.18 Å². The second kappa shape index (κ2) is 9.02. The third-order valence-corrected chi connectivity index (χ3v) is 6.83. The van der Waals surface area contributed by atoms with E-state index in [0.29, 0.717) is 22.1 Å². The maximum absolute atomic E-state index is 14.7. The fraction of sp³-hybridized carbons (Fsp3) is 0.478. The van der Waals surface area contributed by atoms with Gasteiger partial charge >= 0.3 is 0 Å². The Balaban J connectivity index is 1.38. The molecule has 1 amide bonds. The van der Waals surface area contributed by atoms with Gasteiger partial charge in [-0.25, -0.2) is 19.3 Å². The summed E-state index contributed by atoms with van der Waals surface area (Å²) >= 11 is 6.10. The standard InChI is InChI=1S/C23H26ClFN6O/c24-14-9-15-16(11-27-20(15)26-10-14)21-28-12-17(25)22(31-21)29-18-7-3-4-8-19(18)30-23(32)13-5-1-2-6-13/h9-13,18-19H,1-8H2,(H,26,27)(H,30,32)(H,28,29,31)/t18?,19-/m1/s1. The highest BCUT2D eigenvalue weighted by molar-refractivity contribution is 6.31. The molecule has 2 atom stereocenters. The van der Waals surface area contributed by atoms with Crippen LogP contribution in [0, 0.1) is 11.7 Å². The van der Waals surface area contributed by atoms with Crippen molar-refractivity contribution in [1.82, 2.24) is 25.3 Å². The molecule has 2 aliphatic rings. The van der Waals surface area contributed by atoms with Crippen molar-refractivity contribution < 1.29 is 9.18 Å². The Morgan fingerprint density at radius 1 is 1.06 bits per heavy atom. The highest BCUT2D eigenvalue weighted by Crippen LogP contribution is 2.30. The number of amides is 1. The van der Waals surface area contributed by atoms with Gasteiger partial charge in [-0.15, -0.1) is 0 Å². The van der Waals surface area contributed by atoms with Gasteiger partial charge in [0.05, 0.1) is 11.2 Å². The maximum atomic E-state index is 14.7. The second-order valence-electron chi connectivity index (χ2n) is 8.77. The summed E-state index contributed by atoms with van der Waals surface area (Å²) < 4.78 is 14.7. The van der Waals surface area contributed by atoms with Crippen molar-refractivity contribution in [3.8, 4) is 11.4 Å². The SMILES string of the molecule is O=C(N[C@@H]1CCCCC1Nc1nc(-c2c[nH]c3ncc(Cl)cc23)ncc1F)C1CCCC1. The molecule has 0 saturated heterocycles. The number of carbonyl (C=O) groups is 1. The Hall–Kier alpha value is -2.74. The number of nitrogens with one attached hydrogen (secondary N) is 3. The highest BCUT2D eigenvalue weighted by atomic mass is 35.5. The summed E-state index contributed by atoms with van der Waals surface area (Å²) in [7, 11) is 0. The van der Waals surface area contributed by atoms with E-state index in [2.05, 4.69) is 30.6 Å². The summed E-state index contributed by atoms with van der Waals surface area (Å²) in [6.45, 7) is 0. The number of hydrogen-bond acceptors (Lipinski definition) is 5. The molecule has 7 nitrogen and oxygen atoms in total. The molecular weight excluding hydrogens is 431 g/mol. The Kier molecular flexibility index (Phi) is 5.95. The molecule has 168 valence electrons. The predicted octanol–water partition coefficient (Wildman–Crippen LogP) is 4.84. The lowest BCUT2D eigenvalue weighted by Crippen LogP contribution is -2.50. The zero-order chi connectivity index (χ0) is 22.1. The lowest BCUT2D eigenvalue weighted by atomic mass is 9.89. The Morgan fingerprint density at radius 3 is 2.62 bits per heavy atom. The van der Waals surface area contributed by atoms with Crippen LogP contribution in [0.1, 0.15) is 51.4 Å². The molecule has 3 aromatic rings. The van der Waals surface area contributed by atoms with Crippen LogP contribution in [0.15, 0.2) is 24.7 Å². The van der Waals surface area contributed by atoms with Crippen LogP contribution >= 0.6 is 11.6 Å². The molecule has 9 heteroatoms. The number of fused-ring (bicyclic) bond motifs is 1. The molecule has 1 unspecified atom stereocenters. The van der Waals surface area contributed by atoms with E-state index in [1.807, 2.05) is 0 Å². The fourth-order valence-electron chi connectivity index (χ4n) is 4.90.